The van der Waals surface area contributed by atoms with Gasteiger partial charge in [0.1, 0.15) is 0 Å². The third-order valence-electron chi connectivity index (χ3n) is 9.12. The summed E-state index contributed by atoms with van der Waals surface area (Å²) in [6, 6.07) is 25.7. The van der Waals surface area contributed by atoms with Crippen LogP contribution in [0.5, 0.6) is 0 Å². The van der Waals surface area contributed by atoms with Gasteiger partial charge in [-0.2, -0.15) is 0 Å². The fourth-order valence-electron chi connectivity index (χ4n) is 5.91. The summed E-state index contributed by atoms with van der Waals surface area (Å²) in [5, 5.41) is 0. The van der Waals surface area contributed by atoms with E-state index in [0.29, 0.717) is 11.8 Å². The molecule has 0 spiro atoms. The number of benzene rings is 3. The van der Waals surface area contributed by atoms with Crippen LogP contribution in [0.2, 0.25) is 0 Å². The summed E-state index contributed by atoms with van der Waals surface area (Å²) in [5.41, 5.74) is 11.1. The molecule has 0 heteroatoms. The topological polar surface area (TPSA) is 0 Å². The van der Waals surface area contributed by atoms with Crippen molar-refractivity contribution in [2.45, 2.75) is 127 Å². The fraction of sp³-hybridized carbons (Fsp3) is 0.512. The minimum Gasteiger partial charge on any atom is -0.100 e. The zero-order valence-electron chi connectivity index (χ0n) is 29.0. The van der Waals surface area contributed by atoms with Crippen molar-refractivity contribution in [1.29, 1.82) is 0 Å². The maximum absolute atomic E-state index is 4.44. The molecule has 0 aliphatic rings. The van der Waals surface area contributed by atoms with Crippen LogP contribution in [0.1, 0.15) is 134 Å². The van der Waals surface area contributed by atoms with E-state index in [-0.39, 0.29) is 10.8 Å². The molecule has 0 N–H and O–H groups in total. The summed E-state index contributed by atoms with van der Waals surface area (Å²) in [7, 11) is 0. The second kappa shape index (κ2) is 16.7. The van der Waals surface area contributed by atoms with Gasteiger partial charge in [0, 0.05) is 5.41 Å². The molecule has 3 rings (SSSR count). The first-order valence-electron chi connectivity index (χ1n) is 16.3. The van der Waals surface area contributed by atoms with Gasteiger partial charge < -0.3 is 0 Å². The van der Waals surface area contributed by atoms with Crippen LogP contribution in [0.15, 0.2) is 78.9 Å². The van der Waals surface area contributed by atoms with Crippen LogP contribution < -0.4 is 0 Å². The highest BCUT2D eigenvalue weighted by Crippen LogP contribution is 2.46. The second-order valence-corrected chi connectivity index (χ2v) is 12.6. The number of hydrogen-bond donors (Lipinski definition) is 0. The molecule has 41 heavy (non-hydrogen) atoms. The van der Waals surface area contributed by atoms with E-state index in [4.69, 9.17) is 0 Å². The van der Waals surface area contributed by atoms with Gasteiger partial charge in [0.2, 0.25) is 0 Å². The highest BCUT2D eigenvalue weighted by Gasteiger charge is 2.37. The third-order valence-corrected chi connectivity index (χ3v) is 9.12. The molecule has 0 saturated carbocycles. The van der Waals surface area contributed by atoms with Crippen LogP contribution in [0.3, 0.4) is 0 Å². The molecule has 0 aliphatic heterocycles. The van der Waals surface area contributed by atoms with E-state index in [1.807, 2.05) is 27.7 Å². The van der Waals surface area contributed by atoms with Crippen LogP contribution in [-0.2, 0) is 18.3 Å². The molecule has 0 fully saturated rings. The first kappa shape index (κ1) is 36.4. The Morgan fingerprint density at radius 2 is 1.41 bits per heavy atom. The van der Waals surface area contributed by atoms with Crippen LogP contribution in [0.25, 0.3) is 0 Å². The highest BCUT2D eigenvalue weighted by molar-refractivity contribution is 5.49. The largest absolute Gasteiger partial charge is 0.100 e. The molecular weight excluding hydrogens is 492 g/mol. The van der Waals surface area contributed by atoms with Crippen molar-refractivity contribution in [2.75, 3.05) is 0 Å². The Morgan fingerprint density at radius 3 is 1.93 bits per heavy atom. The lowest BCUT2D eigenvalue weighted by atomic mass is 9.64. The molecule has 0 heterocycles. The van der Waals surface area contributed by atoms with Crippen molar-refractivity contribution >= 4 is 0 Å². The maximum atomic E-state index is 4.44. The van der Waals surface area contributed by atoms with Crippen molar-refractivity contribution in [3.63, 3.8) is 0 Å². The third kappa shape index (κ3) is 9.19. The summed E-state index contributed by atoms with van der Waals surface area (Å²) in [6.07, 6.45) is 4.19. The minimum atomic E-state index is -0.175. The van der Waals surface area contributed by atoms with Crippen molar-refractivity contribution in [3.05, 3.63) is 118 Å². The highest BCUT2D eigenvalue weighted by atomic mass is 14.4. The monoisotopic (exact) mass is 554 g/mol. The zero-order chi connectivity index (χ0) is 31.4. The molecule has 3 aromatic carbocycles. The molecule has 0 nitrogen and oxygen atoms in total. The van der Waals surface area contributed by atoms with Gasteiger partial charge in [0.05, 0.1) is 0 Å². The Labute approximate surface area is 255 Å². The normalized spacial score (nSPS) is 13.3. The molecular formula is C41H62. The van der Waals surface area contributed by atoms with E-state index in [1.54, 1.807) is 0 Å². The molecule has 3 aromatic rings. The van der Waals surface area contributed by atoms with Crippen molar-refractivity contribution in [3.8, 4) is 0 Å². The molecule has 0 aromatic heterocycles. The average Bonchev–Trinajstić information content (AvgIpc) is 2.95. The van der Waals surface area contributed by atoms with E-state index in [9.17, 15) is 0 Å². The van der Waals surface area contributed by atoms with Gasteiger partial charge in [-0.3, -0.25) is 0 Å². The maximum Gasteiger partial charge on any atom is 0.0280 e. The first-order valence-corrected chi connectivity index (χ1v) is 16.3. The Hall–Kier alpha value is -2.60. The predicted molar refractivity (Wildman–Crippen MR) is 186 cm³/mol. The van der Waals surface area contributed by atoms with Crippen molar-refractivity contribution in [2.24, 2.45) is 11.3 Å². The summed E-state index contributed by atoms with van der Waals surface area (Å²) < 4.78 is 0. The van der Waals surface area contributed by atoms with E-state index >= 15 is 0 Å². The van der Waals surface area contributed by atoms with E-state index in [0.717, 1.165) is 19.3 Å². The van der Waals surface area contributed by atoms with E-state index in [1.165, 1.54) is 50.9 Å². The SMILES string of the molecule is C=C(C)CC(Cc1ccccc1)(c1cc(C)cc(C(C)C(C)(C)C(C)C)c1)c1ccc(CCC)c(C)c1.CC.CC. The Balaban J connectivity index is 0.00000201. The second-order valence-electron chi connectivity index (χ2n) is 12.6. The molecule has 2 atom stereocenters. The lowest BCUT2D eigenvalue weighted by molar-refractivity contribution is 0.203. The number of aryl methyl sites for hydroxylation is 3. The van der Waals surface area contributed by atoms with E-state index < -0.39 is 0 Å². The predicted octanol–water partition coefficient (Wildman–Crippen LogP) is 12.6. The zero-order valence-corrected chi connectivity index (χ0v) is 29.0. The van der Waals surface area contributed by atoms with Crippen LogP contribution in [-0.4, -0.2) is 0 Å². The van der Waals surface area contributed by atoms with Gasteiger partial charge in [-0.15, -0.1) is 6.58 Å². The van der Waals surface area contributed by atoms with Crippen LogP contribution in [0, 0.1) is 25.2 Å². The number of allylic oxidation sites excluding steroid dienone is 1. The molecule has 226 valence electrons. The van der Waals surface area contributed by atoms with Gasteiger partial charge in [-0.25, -0.2) is 0 Å². The first-order chi connectivity index (χ1) is 19.4. The van der Waals surface area contributed by atoms with Crippen molar-refractivity contribution in [1.82, 2.24) is 0 Å². The lowest BCUT2D eigenvalue weighted by Gasteiger charge is -2.39. The summed E-state index contributed by atoms with van der Waals surface area (Å²) >= 11 is 0. The Kier molecular flexibility index (Phi) is 14.9. The Morgan fingerprint density at radius 1 is 0.805 bits per heavy atom. The van der Waals surface area contributed by atoms with Gasteiger partial charge >= 0.3 is 0 Å². The van der Waals surface area contributed by atoms with Gasteiger partial charge in [0.15, 0.2) is 0 Å². The summed E-state index contributed by atoms with van der Waals surface area (Å²) in [6.45, 7) is 33.4. The lowest BCUT2D eigenvalue weighted by Crippen LogP contribution is -2.32. The summed E-state index contributed by atoms with van der Waals surface area (Å²) in [5.74, 6) is 1.06. The van der Waals surface area contributed by atoms with Crippen molar-refractivity contribution < 1.29 is 0 Å². The molecule has 0 aliphatic carbocycles. The van der Waals surface area contributed by atoms with Gasteiger partial charge in [0.25, 0.3) is 0 Å². The molecule has 0 saturated heterocycles. The molecule has 2 unspecified atom stereocenters. The molecule has 0 radical (unpaired) electrons. The van der Waals surface area contributed by atoms with Crippen LogP contribution >= 0.6 is 0 Å². The fourth-order valence-corrected chi connectivity index (χ4v) is 5.91. The molecule has 0 amide bonds. The van der Waals surface area contributed by atoms with Crippen LogP contribution in [0.4, 0.5) is 0 Å². The number of rotatable bonds is 11. The van der Waals surface area contributed by atoms with Gasteiger partial charge in [-0.05, 0) is 90.7 Å². The summed E-state index contributed by atoms with van der Waals surface area (Å²) in [4.78, 5) is 0. The Bertz CT molecular complexity index is 1190. The molecule has 0 bridgehead atoms. The smallest absolute Gasteiger partial charge is 0.0280 e. The number of hydrogen-bond acceptors (Lipinski definition) is 0. The van der Waals surface area contributed by atoms with Gasteiger partial charge in [-0.1, -0.05) is 154 Å². The average molecular weight is 555 g/mol. The standard InChI is InChI=1S/C37H50.2C2H6/c1-11-15-32-18-19-34(22-29(32)7)37(24-26(2)3,25-31-16-13-12-14-17-31)35-21-28(6)20-33(23-35)30(8)36(9,10)27(4)5;2*1-2/h12-14,16-23,27,30H,2,11,15,24-25H2,1,3-10H3;2*1-2H3. The quantitative estimate of drug-likeness (QED) is 0.207. The van der Waals surface area contributed by atoms with E-state index in [2.05, 4.69) is 136 Å². The minimum absolute atomic E-state index is 0.175.